The van der Waals surface area contributed by atoms with Crippen molar-refractivity contribution in [1.29, 1.82) is 0 Å². The maximum Gasteiger partial charge on any atom is 0.139 e. The van der Waals surface area contributed by atoms with Gasteiger partial charge in [0.25, 0.3) is 0 Å². The van der Waals surface area contributed by atoms with E-state index in [4.69, 9.17) is 19.1 Å². The predicted molar refractivity (Wildman–Crippen MR) is 203 cm³/mol. The number of pyridine rings is 2. The number of hydrogen-bond acceptors (Lipinski definition) is 4. The maximum atomic E-state index is 6.75. The summed E-state index contributed by atoms with van der Waals surface area (Å²) in [6.45, 7) is 12.0. The molecule has 1 aliphatic heterocycles. The SMILES string of the molecule is C[Si](C)(C)c1ccnc(-n2c3ccccc3c3ccc(Oc4cc5c6c(c4)oc4ccc7c(c46)C(=C[Si]7(C)C)c4cccnc4-5)cc32)c1. The van der Waals surface area contributed by atoms with Gasteiger partial charge in [-0.2, -0.15) is 0 Å². The van der Waals surface area contributed by atoms with Crippen molar-refractivity contribution < 1.29 is 9.15 Å². The number of furan rings is 1. The summed E-state index contributed by atoms with van der Waals surface area (Å²) < 4.78 is 15.6. The van der Waals surface area contributed by atoms with E-state index in [1.807, 2.05) is 24.5 Å². The molecule has 0 spiro atoms. The topological polar surface area (TPSA) is 53.1 Å². The first-order chi connectivity index (χ1) is 23.2. The van der Waals surface area contributed by atoms with Crippen LogP contribution in [0, 0.1) is 0 Å². The van der Waals surface area contributed by atoms with E-state index in [-0.39, 0.29) is 0 Å². The molecular weight excluding hydrogens is 623 g/mol. The van der Waals surface area contributed by atoms with Crippen LogP contribution in [0.1, 0.15) is 11.1 Å². The molecule has 4 aromatic heterocycles. The maximum absolute atomic E-state index is 6.75. The normalized spacial score (nSPS) is 14.6. The van der Waals surface area contributed by atoms with Crippen LogP contribution in [0.2, 0.25) is 32.7 Å². The van der Waals surface area contributed by atoms with Crippen molar-refractivity contribution >= 4 is 75.8 Å². The van der Waals surface area contributed by atoms with Crippen molar-refractivity contribution in [2.75, 3.05) is 0 Å². The molecule has 7 heteroatoms. The van der Waals surface area contributed by atoms with Crippen LogP contribution in [-0.2, 0) is 0 Å². The summed E-state index contributed by atoms with van der Waals surface area (Å²) in [7, 11) is -3.31. The molecule has 5 heterocycles. The molecule has 0 N–H and O–H groups in total. The highest BCUT2D eigenvalue weighted by molar-refractivity contribution is 6.97. The van der Waals surface area contributed by atoms with Gasteiger partial charge in [0.15, 0.2) is 0 Å². The molecule has 10 rings (SSSR count). The van der Waals surface area contributed by atoms with Gasteiger partial charge in [-0.25, -0.2) is 4.98 Å². The van der Waals surface area contributed by atoms with E-state index in [0.717, 1.165) is 56.2 Å². The number of para-hydroxylation sites is 1. The van der Waals surface area contributed by atoms with E-state index in [1.165, 1.54) is 43.2 Å². The number of nitrogens with zero attached hydrogens (tertiary/aromatic N) is 3. The summed E-state index contributed by atoms with van der Waals surface area (Å²) in [6.07, 6.45) is 3.84. The lowest BCUT2D eigenvalue weighted by molar-refractivity contribution is 0.483. The van der Waals surface area contributed by atoms with Crippen LogP contribution in [0.3, 0.4) is 0 Å². The molecule has 0 radical (unpaired) electrons. The van der Waals surface area contributed by atoms with Gasteiger partial charge in [-0.15, -0.1) is 0 Å². The lowest BCUT2D eigenvalue weighted by Gasteiger charge is -2.18. The summed E-state index contributed by atoms with van der Waals surface area (Å²) in [5, 5.41) is 7.52. The third-order valence-corrected chi connectivity index (χ3v) is 15.1. The van der Waals surface area contributed by atoms with E-state index in [2.05, 4.69) is 122 Å². The quantitative estimate of drug-likeness (QED) is 0.177. The summed E-state index contributed by atoms with van der Waals surface area (Å²) in [5.74, 6) is 2.40. The van der Waals surface area contributed by atoms with E-state index >= 15 is 0 Å². The van der Waals surface area contributed by atoms with Crippen LogP contribution in [0.4, 0.5) is 0 Å². The zero-order valence-electron chi connectivity index (χ0n) is 27.6. The minimum atomic E-state index is -1.76. The Hall–Kier alpha value is -5.25. The third kappa shape index (κ3) is 3.83. The largest absolute Gasteiger partial charge is 0.457 e. The van der Waals surface area contributed by atoms with Gasteiger partial charge in [-0.1, -0.05) is 74.0 Å². The van der Waals surface area contributed by atoms with Crippen molar-refractivity contribution in [3.63, 3.8) is 0 Å². The Labute approximate surface area is 280 Å². The van der Waals surface area contributed by atoms with Crippen molar-refractivity contribution in [3.8, 4) is 28.6 Å². The average molecular weight is 656 g/mol. The van der Waals surface area contributed by atoms with Crippen molar-refractivity contribution in [2.24, 2.45) is 0 Å². The smallest absolute Gasteiger partial charge is 0.139 e. The van der Waals surface area contributed by atoms with Gasteiger partial charge in [0.1, 0.15) is 36.6 Å². The number of aromatic nitrogens is 3. The first-order valence-corrected chi connectivity index (χ1v) is 23.1. The average Bonchev–Trinajstić information content (AvgIpc) is 3.67. The van der Waals surface area contributed by atoms with Crippen molar-refractivity contribution in [3.05, 3.63) is 120 Å². The molecule has 1 aliphatic carbocycles. The minimum absolute atomic E-state index is 0.718. The Bertz CT molecular complexity index is 2730. The van der Waals surface area contributed by atoms with Gasteiger partial charge < -0.3 is 9.15 Å². The molecule has 0 bridgehead atoms. The van der Waals surface area contributed by atoms with Gasteiger partial charge in [0.2, 0.25) is 0 Å². The molecule has 0 saturated carbocycles. The van der Waals surface area contributed by atoms with Crippen LogP contribution in [0.5, 0.6) is 11.5 Å². The first-order valence-electron chi connectivity index (χ1n) is 16.6. The lowest BCUT2D eigenvalue weighted by Crippen LogP contribution is -2.37. The molecular formula is C41H33N3O2Si2. The molecule has 0 saturated heterocycles. The molecule has 0 atom stereocenters. The number of hydrogen-bond donors (Lipinski definition) is 0. The van der Waals surface area contributed by atoms with E-state index in [9.17, 15) is 0 Å². The van der Waals surface area contributed by atoms with Gasteiger partial charge in [0, 0.05) is 57.2 Å². The molecule has 5 nitrogen and oxygen atoms in total. The molecule has 0 fully saturated rings. The number of ether oxygens (including phenoxy) is 1. The third-order valence-electron chi connectivity index (χ3n) is 10.3. The van der Waals surface area contributed by atoms with Crippen molar-refractivity contribution in [1.82, 2.24) is 14.5 Å². The van der Waals surface area contributed by atoms with Gasteiger partial charge >= 0.3 is 0 Å². The Morgan fingerprint density at radius 3 is 2.44 bits per heavy atom. The monoisotopic (exact) mass is 655 g/mol. The Kier molecular flexibility index (Phi) is 5.47. The zero-order valence-corrected chi connectivity index (χ0v) is 29.6. The Morgan fingerprint density at radius 1 is 0.708 bits per heavy atom. The highest BCUT2D eigenvalue weighted by atomic mass is 28.3. The minimum Gasteiger partial charge on any atom is -0.457 e. The molecule has 0 unspecified atom stereocenters. The van der Waals surface area contributed by atoms with Crippen LogP contribution in [-0.4, -0.2) is 30.7 Å². The molecule has 8 aromatic rings. The van der Waals surface area contributed by atoms with Gasteiger partial charge in [-0.3, -0.25) is 9.55 Å². The summed E-state index contributed by atoms with van der Waals surface area (Å²) in [5.41, 5.74) is 12.3. The molecule has 48 heavy (non-hydrogen) atoms. The second-order valence-corrected chi connectivity index (χ2v) is 24.1. The Balaban J connectivity index is 1.17. The summed E-state index contributed by atoms with van der Waals surface area (Å²) in [4.78, 5) is 9.85. The number of fused-ring (bicyclic) bond motifs is 6. The fraction of sp³-hybridized carbons (Fsp3) is 0.122. The first kappa shape index (κ1) is 27.8. The van der Waals surface area contributed by atoms with Gasteiger partial charge in [-0.05, 0) is 64.9 Å². The lowest BCUT2D eigenvalue weighted by atomic mass is 9.97. The number of rotatable bonds is 4. The molecule has 0 amide bonds. The predicted octanol–water partition coefficient (Wildman–Crippen LogP) is 9.69. The van der Waals surface area contributed by atoms with E-state index in [0.29, 0.717) is 0 Å². The fourth-order valence-electron chi connectivity index (χ4n) is 7.99. The van der Waals surface area contributed by atoms with Crippen LogP contribution < -0.4 is 15.1 Å². The zero-order chi connectivity index (χ0) is 32.5. The van der Waals surface area contributed by atoms with Gasteiger partial charge in [0.05, 0.1) is 24.8 Å². The fourth-order valence-corrected chi connectivity index (χ4v) is 11.7. The second-order valence-electron chi connectivity index (χ2n) is 14.8. The second kappa shape index (κ2) is 9.43. The molecule has 2 aliphatic rings. The van der Waals surface area contributed by atoms with E-state index in [1.54, 1.807) is 0 Å². The number of benzene rings is 4. The highest BCUT2D eigenvalue weighted by Crippen LogP contribution is 2.50. The van der Waals surface area contributed by atoms with E-state index < -0.39 is 16.1 Å². The van der Waals surface area contributed by atoms with Crippen LogP contribution in [0.25, 0.3) is 66.4 Å². The van der Waals surface area contributed by atoms with Crippen LogP contribution in [0.15, 0.2) is 114 Å². The summed E-state index contributed by atoms with van der Waals surface area (Å²) in [6, 6.07) is 32.3. The highest BCUT2D eigenvalue weighted by Gasteiger charge is 2.38. The molecule has 4 aromatic carbocycles. The molecule has 232 valence electrons. The Morgan fingerprint density at radius 2 is 1.56 bits per heavy atom. The van der Waals surface area contributed by atoms with Crippen molar-refractivity contribution in [2.45, 2.75) is 32.7 Å². The standard InChI is InChI=1S/C41H33N3O2Si2/c1-47(2,3)26-16-18-42-37(22-26)44-32-11-7-6-9-27(32)28-13-12-24(20-33(28)44)45-25-19-30-38-35(21-25)46-34-14-15-36-39(40(34)38)31(23-48(36,4)5)29-10-8-17-43-41(29)30/h6-23H,1-5H3. The van der Waals surface area contributed by atoms with Crippen LogP contribution >= 0.6 is 0 Å². The summed E-state index contributed by atoms with van der Waals surface area (Å²) >= 11 is 0.